The van der Waals surface area contributed by atoms with Gasteiger partial charge in [0.15, 0.2) is 17.1 Å². The molecule has 1 saturated carbocycles. The fourth-order valence-electron chi connectivity index (χ4n) is 6.00. The number of aliphatic imine (C=N–C) groups is 1. The number of anilines is 2. The Morgan fingerprint density at radius 2 is 1.80 bits per heavy atom. The molecule has 1 aliphatic heterocycles. The van der Waals surface area contributed by atoms with Gasteiger partial charge in [0.05, 0.1) is 18.6 Å². The van der Waals surface area contributed by atoms with Crippen molar-refractivity contribution < 1.29 is 18.3 Å². The number of carbonyl (C=O) groups excluding carboxylic acids is 1. The summed E-state index contributed by atoms with van der Waals surface area (Å²) in [5.41, 5.74) is 3.83. The number of nitrogens with one attached hydrogen (secondary N) is 1. The van der Waals surface area contributed by atoms with E-state index in [1.165, 1.54) is 37.8 Å². The van der Waals surface area contributed by atoms with Gasteiger partial charge in [0.2, 0.25) is 0 Å². The van der Waals surface area contributed by atoms with E-state index in [-0.39, 0.29) is 11.2 Å². The molecule has 5 rings (SSSR count). The van der Waals surface area contributed by atoms with E-state index in [2.05, 4.69) is 16.9 Å². The van der Waals surface area contributed by atoms with E-state index in [1.807, 2.05) is 44.7 Å². The molecule has 0 bridgehead atoms. The van der Waals surface area contributed by atoms with E-state index in [4.69, 9.17) is 9.15 Å². The Hall–Kier alpha value is -4.30. The average Bonchev–Trinajstić information content (AvgIpc) is 3.57. The minimum atomic E-state index is -0.481. The number of hydrogen-bond acceptors (Lipinski definition) is 7. The molecule has 7 nitrogen and oxygen atoms in total. The van der Waals surface area contributed by atoms with E-state index >= 15 is 4.39 Å². The number of nitrogens with zero attached hydrogens (tertiary/aromatic N) is 2. The lowest BCUT2D eigenvalue weighted by Gasteiger charge is -2.27. The molecule has 0 radical (unpaired) electrons. The van der Waals surface area contributed by atoms with E-state index in [1.54, 1.807) is 37.3 Å². The van der Waals surface area contributed by atoms with Crippen molar-refractivity contribution in [3.05, 3.63) is 94.2 Å². The van der Waals surface area contributed by atoms with Crippen LogP contribution in [0, 0.1) is 11.7 Å². The first-order chi connectivity index (χ1) is 22.2. The zero-order valence-electron chi connectivity index (χ0n) is 27.7. The highest BCUT2D eigenvalue weighted by Gasteiger charge is 2.20. The number of Topliss-reactive ketones (excluding diaryl/α,β-unsaturated/α-hetero) is 1. The van der Waals surface area contributed by atoms with Crippen LogP contribution >= 0.6 is 0 Å². The average molecular weight is 628 g/mol. The highest BCUT2D eigenvalue weighted by atomic mass is 19.1. The predicted octanol–water partition coefficient (Wildman–Crippen LogP) is 8.85. The second-order valence-corrected chi connectivity index (χ2v) is 11.5. The molecule has 0 unspecified atom stereocenters. The molecule has 1 aromatic heterocycles. The second-order valence-electron chi connectivity index (χ2n) is 11.5. The van der Waals surface area contributed by atoms with E-state index < -0.39 is 5.82 Å². The molecule has 46 heavy (non-hydrogen) atoms. The lowest BCUT2D eigenvalue weighted by atomic mass is 9.93. The third-order valence-corrected chi connectivity index (χ3v) is 8.41. The van der Waals surface area contributed by atoms with Crippen LogP contribution in [0.5, 0.6) is 0 Å². The van der Waals surface area contributed by atoms with Gasteiger partial charge in [0.25, 0.3) is 0 Å². The number of allylic oxidation sites excluding steroid dienone is 4. The van der Waals surface area contributed by atoms with Crippen molar-refractivity contribution in [2.45, 2.75) is 66.7 Å². The lowest BCUT2D eigenvalue weighted by molar-refractivity contribution is -0.113. The molecule has 0 atom stereocenters. The Morgan fingerprint density at radius 3 is 2.46 bits per heavy atom. The third kappa shape index (κ3) is 8.49. The normalized spacial score (nSPS) is 16.3. The smallest absolute Gasteiger partial charge is 0.200 e. The fourth-order valence-corrected chi connectivity index (χ4v) is 6.00. The molecule has 2 aromatic carbocycles. The summed E-state index contributed by atoms with van der Waals surface area (Å²) < 4.78 is 27.2. The summed E-state index contributed by atoms with van der Waals surface area (Å²) in [5.74, 6) is 0.955. The molecule has 1 saturated heterocycles. The Bertz CT molecular complexity index is 1710. The summed E-state index contributed by atoms with van der Waals surface area (Å²) >= 11 is 0. The van der Waals surface area contributed by atoms with E-state index in [0.29, 0.717) is 77.4 Å². The summed E-state index contributed by atoms with van der Waals surface area (Å²) in [4.78, 5) is 31.9. The van der Waals surface area contributed by atoms with Crippen LogP contribution in [-0.2, 0) is 9.53 Å². The molecule has 1 aliphatic carbocycles. The maximum Gasteiger partial charge on any atom is 0.200 e. The van der Waals surface area contributed by atoms with Crippen molar-refractivity contribution >= 4 is 34.0 Å². The van der Waals surface area contributed by atoms with Gasteiger partial charge >= 0.3 is 0 Å². The molecule has 2 fully saturated rings. The summed E-state index contributed by atoms with van der Waals surface area (Å²) in [6.07, 6.45) is 9.47. The van der Waals surface area contributed by atoms with Crippen LogP contribution < -0.4 is 15.6 Å². The summed E-state index contributed by atoms with van der Waals surface area (Å²) in [6.45, 7) is 15.8. The van der Waals surface area contributed by atoms with Gasteiger partial charge < -0.3 is 19.4 Å². The number of morpholine rings is 1. The second kappa shape index (κ2) is 16.3. The fraction of sp³-hybridized carbons (Fsp3) is 0.395. The Balaban J connectivity index is 0.00000235. The van der Waals surface area contributed by atoms with Gasteiger partial charge in [-0.25, -0.2) is 9.38 Å². The van der Waals surface area contributed by atoms with Crippen LogP contribution in [0.4, 0.5) is 16.0 Å². The van der Waals surface area contributed by atoms with E-state index in [9.17, 15) is 9.59 Å². The van der Waals surface area contributed by atoms with Crippen molar-refractivity contribution in [2.75, 3.05) is 36.5 Å². The molecule has 8 heteroatoms. The van der Waals surface area contributed by atoms with Crippen molar-refractivity contribution in [2.24, 2.45) is 10.9 Å². The van der Waals surface area contributed by atoms with Crippen LogP contribution in [0.2, 0.25) is 0 Å². The first kappa shape index (κ1) is 34.6. The third-order valence-electron chi connectivity index (χ3n) is 8.41. The highest BCUT2D eigenvalue weighted by Crippen LogP contribution is 2.34. The lowest BCUT2D eigenvalue weighted by Crippen LogP contribution is -2.36. The molecular weight excluding hydrogens is 581 g/mol. The van der Waals surface area contributed by atoms with Gasteiger partial charge in [-0.2, -0.15) is 0 Å². The van der Waals surface area contributed by atoms with Gasteiger partial charge in [0.1, 0.15) is 17.2 Å². The molecule has 0 amide bonds. The zero-order chi connectivity index (χ0) is 33.2. The first-order valence-electron chi connectivity index (χ1n) is 16.3. The van der Waals surface area contributed by atoms with Crippen LogP contribution in [-0.4, -0.2) is 37.8 Å². The molecule has 3 aromatic rings. The number of carbonyl (C=O) groups is 1. The number of ketones is 1. The van der Waals surface area contributed by atoms with E-state index in [0.717, 1.165) is 17.6 Å². The number of hydrogen-bond donors (Lipinski definition) is 1. The minimum absolute atomic E-state index is 0.0827. The Labute approximate surface area is 271 Å². The topological polar surface area (TPSA) is 84.1 Å². The Kier molecular flexibility index (Phi) is 12.3. The summed E-state index contributed by atoms with van der Waals surface area (Å²) in [6, 6.07) is 11.4. The summed E-state index contributed by atoms with van der Waals surface area (Å²) in [5, 5.41) is 3.47. The van der Waals surface area contributed by atoms with Gasteiger partial charge in [-0.15, -0.1) is 0 Å². The number of rotatable bonds is 10. The van der Waals surface area contributed by atoms with Gasteiger partial charge in [-0.05, 0) is 74.6 Å². The van der Waals surface area contributed by atoms with Gasteiger partial charge in [0, 0.05) is 41.7 Å². The zero-order valence-corrected chi connectivity index (χ0v) is 27.7. The number of benzene rings is 2. The van der Waals surface area contributed by atoms with Crippen molar-refractivity contribution in [3.63, 3.8) is 0 Å². The number of para-hydroxylation sites is 1. The predicted molar refractivity (Wildman–Crippen MR) is 187 cm³/mol. The van der Waals surface area contributed by atoms with Crippen LogP contribution in [0.3, 0.4) is 0 Å². The summed E-state index contributed by atoms with van der Waals surface area (Å²) in [7, 11) is 0. The highest BCUT2D eigenvalue weighted by molar-refractivity contribution is 6.04. The quantitative estimate of drug-likeness (QED) is 0.137. The molecule has 0 spiro atoms. The van der Waals surface area contributed by atoms with Crippen LogP contribution in [0.15, 0.2) is 92.4 Å². The molecule has 244 valence electrons. The SMILES string of the molecule is C=C(\N=C(C)/C(=C\C)/C=C(\CC1CCCC1)C(C)=O)Nc1ccc(-c2cccc3c(=O)cc(N4CCOCC4)oc23)c(F)c1.CC. The number of ether oxygens (including phenoxy) is 1. The molecule has 2 heterocycles. The van der Waals surface area contributed by atoms with Gasteiger partial charge in [-0.3, -0.25) is 9.59 Å². The molecule has 1 N–H and O–H groups in total. The minimum Gasteiger partial charge on any atom is -0.440 e. The number of halogens is 1. The van der Waals surface area contributed by atoms with Crippen molar-refractivity contribution in [1.29, 1.82) is 0 Å². The molecule has 2 aliphatic rings. The van der Waals surface area contributed by atoms with Crippen molar-refractivity contribution in [1.82, 2.24) is 0 Å². The van der Waals surface area contributed by atoms with Gasteiger partial charge in [-0.1, -0.05) is 64.3 Å². The molecular formula is C38H46FN3O4. The first-order valence-corrected chi connectivity index (χ1v) is 16.3. The van der Waals surface area contributed by atoms with Crippen molar-refractivity contribution in [3.8, 4) is 11.1 Å². The monoisotopic (exact) mass is 627 g/mol. The maximum atomic E-state index is 15.6. The Morgan fingerprint density at radius 1 is 1.09 bits per heavy atom. The van der Waals surface area contributed by atoms with Crippen LogP contribution in [0.1, 0.15) is 66.7 Å². The standard InChI is InChI=1S/C36H40FN3O4.C2H6/c1-5-27(20-28(24(3)41)19-26-9-6-7-10-26)23(2)38-25(4)39-29-13-14-30(33(37)21-29)31-11-8-12-32-34(42)22-35(44-36(31)32)40-15-17-43-18-16-40;1-2/h5,8,11-14,20-22,26,39H,4,6-7,9-10,15-19H2,1-3H3;1-2H3/b27-5-,28-20+,38-23-;. The largest absolute Gasteiger partial charge is 0.440 e. The number of fused-ring (bicyclic) bond motifs is 1. The van der Waals surface area contributed by atoms with Crippen LogP contribution in [0.25, 0.3) is 22.1 Å². The maximum absolute atomic E-state index is 15.6.